The van der Waals surface area contributed by atoms with E-state index < -0.39 is 0 Å². The Morgan fingerprint density at radius 3 is 2.74 bits per heavy atom. The number of para-hydroxylation sites is 1. The number of halogens is 1. The Morgan fingerprint density at radius 2 is 2.04 bits per heavy atom. The minimum absolute atomic E-state index is 0. The highest BCUT2D eigenvalue weighted by Gasteiger charge is 2.24. The summed E-state index contributed by atoms with van der Waals surface area (Å²) in [7, 11) is 0. The molecule has 1 saturated carbocycles. The van der Waals surface area contributed by atoms with Crippen LogP contribution in [-0.2, 0) is 11.3 Å². The van der Waals surface area contributed by atoms with Gasteiger partial charge in [-0.25, -0.2) is 4.99 Å². The molecule has 1 aromatic rings. The molecule has 0 bridgehead atoms. The van der Waals surface area contributed by atoms with Crippen LogP contribution in [0.2, 0.25) is 0 Å². The predicted molar refractivity (Wildman–Crippen MR) is 128 cm³/mol. The fraction of sp³-hybridized carbons (Fsp3) is 0.650. The molecule has 7 heteroatoms. The Balaban J connectivity index is 0.00000261. The third-order valence-electron chi connectivity index (χ3n) is 5.15. The molecule has 0 aromatic heterocycles. The number of hydrogen-bond donors (Lipinski definition) is 2. The van der Waals surface area contributed by atoms with Crippen LogP contribution in [0.15, 0.2) is 29.3 Å². The lowest BCUT2D eigenvalue weighted by Gasteiger charge is -2.30. The summed E-state index contributed by atoms with van der Waals surface area (Å²) < 4.78 is 5.49. The third kappa shape index (κ3) is 6.71. The average Bonchev–Trinajstić information content (AvgIpc) is 3.15. The molecule has 2 unspecified atom stereocenters. The van der Waals surface area contributed by atoms with Gasteiger partial charge in [0, 0.05) is 36.6 Å². The number of aliphatic imine (C=N–C) groups is 1. The van der Waals surface area contributed by atoms with Crippen molar-refractivity contribution in [3.8, 4) is 0 Å². The molecule has 5 nitrogen and oxygen atoms in total. The van der Waals surface area contributed by atoms with Crippen LogP contribution in [0.5, 0.6) is 0 Å². The second kappa shape index (κ2) is 12.0. The first kappa shape index (κ1) is 22.6. The van der Waals surface area contributed by atoms with Gasteiger partial charge in [-0.05, 0) is 44.1 Å². The van der Waals surface area contributed by atoms with Crippen LogP contribution in [-0.4, -0.2) is 56.4 Å². The smallest absolute Gasteiger partial charge is 0.191 e. The van der Waals surface area contributed by atoms with Gasteiger partial charge < -0.3 is 20.3 Å². The van der Waals surface area contributed by atoms with Gasteiger partial charge in [-0.1, -0.05) is 18.2 Å². The molecule has 1 aliphatic heterocycles. The topological polar surface area (TPSA) is 48.9 Å². The van der Waals surface area contributed by atoms with E-state index in [-0.39, 0.29) is 24.0 Å². The standard InChI is InChI=1S/C20H32N4OS.HI/c1-3-21-20(23-17-8-9-18(14-17)26-2)22-15-16-6-4-5-7-19(16)24-10-12-25-13-11-24;/h4-7,17-18H,3,8-15H2,1-2H3,(H2,21,22,23);1H. The number of rotatable bonds is 6. The Morgan fingerprint density at radius 1 is 1.26 bits per heavy atom. The molecule has 0 amide bonds. The van der Waals surface area contributed by atoms with E-state index in [1.54, 1.807) is 0 Å². The summed E-state index contributed by atoms with van der Waals surface area (Å²) in [6, 6.07) is 9.16. The predicted octanol–water partition coefficient (Wildman–Crippen LogP) is 3.48. The molecule has 1 aromatic carbocycles. The molecular formula is C20H33IN4OS. The van der Waals surface area contributed by atoms with E-state index in [0.717, 1.165) is 44.1 Å². The fourth-order valence-corrected chi connectivity index (χ4v) is 4.52. The van der Waals surface area contributed by atoms with Crippen molar-refractivity contribution in [2.45, 2.75) is 44.0 Å². The van der Waals surface area contributed by atoms with Gasteiger partial charge in [0.15, 0.2) is 5.96 Å². The first-order valence-corrected chi connectivity index (χ1v) is 11.1. The Kier molecular flexibility index (Phi) is 10.1. The maximum absolute atomic E-state index is 5.49. The van der Waals surface area contributed by atoms with Crippen molar-refractivity contribution in [2.75, 3.05) is 44.0 Å². The number of nitrogens with zero attached hydrogens (tertiary/aromatic N) is 2. The van der Waals surface area contributed by atoms with E-state index in [2.05, 4.69) is 53.0 Å². The highest BCUT2D eigenvalue weighted by molar-refractivity contribution is 14.0. The lowest BCUT2D eigenvalue weighted by atomic mass is 10.1. The van der Waals surface area contributed by atoms with Crippen molar-refractivity contribution < 1.29 is 4.74 Å². The molecule has 2 aliphatic rings. The van der Waals surface area contributed by atoms with Crippen molar-refractivity contribution in [2.24, 2.45) is 4.99 Å². The fourth-order valence-electron chi connectivity index (χ4n) is 3.72. The van der Waals surface area contributed by atoms with E-state index in [1.807, 2.05) is 11.8 Å². The maximum atomic E-state index is 5.49. The van der Waals surface area contributed by atoms with Crippen molar-refractivity contribution >= 4 is 47.4 Å². The lowest BCUT2D eigenvalue weighted by molar-refractivity contribution is 0.122. The van der Waals surface area contributed by atoms with Crippen molar-refractivity contribution in [1.82, 2.24) is 10.6 Å². The van der Waals surface area contributed by atoms with Gasteiger partial charge in [-0.3, -0.25) is 0 Å². The molecule has 1 saturated heterocycles. The number of ether oxygens (including phenoxy) is 1. The molecule has 152 valence electrons. The van der Waals surface area contributed by atoms with Crippen LogP contribution in [0.4, 0.5) is 5.69 Å². The van der Waals surface area contributed by atoms with E-state index in [9.17, 15) is 0 Å². The third-order valence-corrected chi connectivity index (χ3v) is 6.25. The quantitative estimate of drug-likeness (QED) is 0.353. The van der Waals surface area contributed by atoms with Crippen LogP contribution in [0, 0.1) is 0 Å². The molecule has 0 spiro atoms. The molecular weight excluding hydrogens is 471 g/mol. The average molecular weight is 504 g/mol. The molecule has 2 N–H and O–H groups in total. The van der Waals surface area contributed by atoms with Crippen LogP contribution < -0.4 is 15.5 Å². The number of guanidine groups is 1. The molecule has 1 aliphatic carbocycles. The Hall–Kier alpha value is -0.670. The SMILES string of the molecule is CCNC(=NCc1ccccc1N1CCOCC1)NC1CCC(SC)C1.I. The Labute approximate surface area is 185 Å². The molecule has 27 heavy (non-hydrogen) atoms. The van der Waals surface area contributed by atoms with Gasteiger partial charge >= 0.3 is 0 Å². The number of morpholine rings is 1. The zero-order valence-electron chi connectivity index (χ0n) is 16.4. The highest BCUT2D eigenvalue weighted by Crippen LogP contribution is 2.28. The van der Waals surface area contributed by atoms with Crippen LogP contribution in [0.1, 0.15) is 31.7 Å². The van der Waals surface area contributed by atoms with Crippen molar-refractivity contribution in [1.29, 1.82) is 0 Å². The molecule has 3 rings (SSSR count). The van der Waals surface area contributed by atoms with Crippen LogP contribution >= 0.6 is 35.7 Å². The van der Waals surface area contributed by atoms with Gasteiger partial charge in [0.1, 0.15) is 0 Å². The second-order valence-corrected chi connectivity index (χ2v) is 8.07. The first-order chi connectivity index (χ1) is 12.8. The van der Waals surface area contributed by atoms with Gasteiger partial charge in [-0.15, -0.1) is 24.0 Å². The molecule has 1 heterocycles. The summed E-state index contributed by atoms with van der Waals surface area (Å²) in [4.78, 5) is 7.29. The number of thioether (sulfide) groups is 1. The first-order valence-electron chi connectivity index (χ1n) is 9.78. The van der Waals surface area contributed by atoms with Gasteiger partial charge in [0.2, 0.25) is 0 Å². The zero-order valence-corrected chi connectivity index (χ0v) is 19.6. The summed E-state index contributed by atoms with van der Waals surface area (Å²) in [6.45, 7) is 7.23. The van der Waals surface area contributed by atoms with Crippen molar-refractivity contribution in [3.63, 3.8) is 0 Å². The number of nitrogens with one attached hydrogen (secondary N) is 2. The summed E-state index contributed by atoms with van der Waals surface area (Å²) in [6.07, 6.45) is 5.99. The second-order valence-electron chi connectivity index (χ2n) is 6.94. The zero-order chi connectivity index (χ0) is 18.2. The van der Waals surface area contributed by atoms with E-state index in [0.29, 0.717) is 12.6 Å². The summed E-state index contributed by atoms with van der Waals surface area (Å²) in [5.74, 6) is 0.941. The van der Waals surface area contributed by atoms with Crippen LogP contribution in [0.3, 0.4) is 0 Å². The highest BCUT2D eigenvalue weighted by atomic mass is 127. The Bertz CT molecular complexity index is 595. The largest absolute Gasteiger partial charge is 0.378 e. The van der Waals surface area contributed by atoms with E-state index >= 15 is 0 Å². The van der Waals surface area contributed by atoms with E-state index in [1.165, 1.54) is 30.5 Å². The summed E-state index contributed by atoms with van der Waals surface area (Å²) >= 11 is 1.99. The molecule has 2 atom stereocenters. The minimum atomic E-state index is 0. The monoisotopic (exact) mass is 504 g/mol. The van der Waals surface area contributed by atoms with Gasteiger partial charge in [0.05, 0.1) is 19.8 Å². The van der Waals surface area contributed by atoms with Gasteiger partial charge in [-0.2, -0.15) is 11.8 Å². The lowest BCUT2D eigenvalue weighted by Crippen LogP contribution is -2.42. The van der Waals surface area contributed by atoms with Gasteiger partial charge in [0.25, 0.3) is 0 Å². The van der Waals surface area contributed by atoms with Crippen LogP contribution in [0.25, 0.3) is 0 Å². The number of hydrogen-bond acceptors (Lipinski definition) is 4. The number of anilines is 1. The molecule has 0 radical (unpaired) electrons. The maximum Gasteiger partial charge on any atom is 0.191 e. The van der Waals surface area contributed by atoms with Crippen molar-refractivity contribution in [3.05, 3.63) is 29.8 Å². The van der Waals surface area contributed by atoms with E-state index in [4.69, 9.17) is 9.73 Å². The summed E-state index contributed by atoms with van der Waals surface area (Å²) in [5, 5.41) is 7.84. The number of benzene rings is 1. The minimum Gasteiger partial charge on any atom is -0.378 e. The summed E-state index contributed by atoms with van der Waals surface area (Å²) in [5.41, 5.74) is 2.57. The molecule has 2 fully saturated rings. The normalized spacial score (nSPS) is 23.0.